The van der Waals surface area contributed by atoms with Crippen molar-refractivity contribution in [1.82, 2.24) is 20.3 Å². The fraction of sp³-hybridized carbons (Fsp3) is 0.714. The monoisotopic (exact) mass is 342 g/mol. The third-order valence-electron chi connectivity index (χ3n) is 4.10. The van der Waals surface area contributed by atoms with Gasteiger partial charge in [-0.05, 0) is 12.8 Å². The van der Waals surface area contributed by atoms with Crippen molar-refractivity contribution in [2.75, 3.05) is 25.9 Å². The van der Waals surface area contributed by atoms with Crippen molar-refractivity contribution in [3.8, 4) is 12.3 Å². The first kappa shape index (κ1) is 17.7. The summed E-state index contributed by atoms with van der Waals surface area (Å²) in [6.45, 7) is 1.14. The van der Waals surface area contributed by atoms with Crippen LogP contribution in [0.15, 0.2) is 0 Å². The van der Waals surface area contributed by atoms with Crippen molar-refractivity contribution in [2.24, 2.45) is 0 Å². The number of carbonyl (C=O) groups is 2. The lowest BCUT2D eigenvalue weighted by molar-refractivity contribution is -0.129. The molecular formula is C14H22N4O4S. The van der Waals surface area contributed by atoms with Crippen LogP contribution in [0.3, 0.4) is 0 Å². The first-order valence-corrected chi connectivity index (χ1v) is 9.40. The van der Waals surface area contributed by atoms with E-state index in [4.69, 9.17) is 6.42 Å². The first-order chi connectivity index (χ1) is 10.8. The number of piperazine rings is 1. The van der Waals surface area contributed by atoms with Gasteiger partial charge in [-0.3, -0.25) is 14.5 Å². The normalized spacial score (nSPS) is 27.8. The molecule has 0 saturated carbocycles. The number of nitrogens with one attached hydrogen (secondary N) is 3. The van der Waals surface area contributed by atoms with Crippen LogP contribution in [0.25, 0.3) is 0 Å². The van der Waals surface area contributed by atoms with Crippen LogP contribution in [-0.4, -0.2) is 69.1 Å². The van der Waals surface area contributed by atoms with Crippen LogP contribution in [0.2, 0.25) is 0 Å². The highest BCUT2D eigenvalue weighted by molar-refractivity contribution is 7.88. The molecule has 128 valence electrons. The van der Waals surface area contributed by atoms with E-state index >= 15 is 0 Å². The Kier molecular flexibility index (Phi) is 5.62. The molecule has 23 heavy (non-hydrogen) atoms. The van der Waals surface area contributed by atoms with Gasteiger partial charge in [-0.25, -0.2) is 13.1 Å². The highest BCUT2D eigenvalue weighted by Gasteiger charge is 2.43. The van der Waals surface area contributed by atoms with Gasteiger partial charge in [0, 0.05) is 31.6 Å². The Labute approximate surface area is 136 Å². The summed E-state index contributed by atoms with van der Waals surface area (Å²) in [6, 6.07) is -0.612. The Morgan fingerprint density at radius 2 is 2.26 bits per heavy atom. The quantitative estimate of drug-likeness (QED) is 0.484. The van der Waals surface area contributed by atoms with Gasteiger partial charge in [0.05, 0.1) is 18.8 Å². The molecule has 9 heteroatoms. The Morgan fingerprint density at radius 1 is 1.52 bits per heavy atom. The lowest BCUT2D eigenvalue weighted by atomic mass is 10.0. The van der Waals surface area contributed by atoms with E-state index in [1.54, 1.807) is 0 Å². The molecule has 0 aliphatic carbocycles. The van der Waals surface area contributed by atoms with Crippen LogP contribution in [-0.2, 0) is 19.6 Å². The fourth-order valence-corrected chi connectivity index (χ4v) is 3.94. The van der Waals surface area contributed by atoms with Gasteiger partial charge >= 0.3 is 0 Å². The lowest BCUT2D eigenvalue weighted by Gasteiger charge is -2.37. The summed E-state index contributed by atoms with van der Waals surface area (Å²) in [4.78, 5) is 25.6. The predicted molar refractivity (Wildman–Crippen MR) is 84.8 cm³/mol. The maximum atomic E-state index is 12.0. The molecule has 0 bridgehead atoms. The molecule has 2 saturated heterocycles. The number of amides is 2. The van der Waals surface area contributed by atoms with Crippen molar-refractivity contribution in [3.63, 3.8) is 0 Å². The SMILES string of the molecule is C#CCNC(=O)CCC1CNC(=O)C2CC(NS(C)(=O)=O)CN12. The number of sulfonamides is 1. The van der Waals surface area contributed by atoms with Crippen molar-refractivity contribution >= 4 is 21.8 Å². The van der Waals surface area contributed by atoms with E-state index in [0.29, 0.717) is 32.4 Å². The van der Waals surface area contributed by atoms with Crippen LogP contribution in [0.5, 0.6) is 0 Å². The van der Waals surface area contributed by atoms with Gasteiger partial charge in [-0.15, -0.1) is 6.42 Å². The summed E-state index contributed by atoms with van der Waals surface area (Å²) in [5.41, 5.74) is 0. The molecule has 8 nitrogen and oxygen atoms in total. The zero-order valence-electron chi connectivity index (χ0n) is 13.0. The van der Waals surface area contributed by atoms with Gasteiger partial charge in [0.1, 0.15) is 0 Å². The number of fused-ring (bicyclic) bond motifs is 1. The van der Waals surface area contributed by atoms with Crippen molar-refractivity contribution in [3.05, 3.63) is 0 Å². The van der Waals surface area contributed by atoms with E-state index in [1.807, 2.05) is 4.90 Å². The molecule has 2 fully saturated rings. The molecular weight excluding hydrogens is 320 g/mol. The second-order valence-corrected chi connectivity index (χ2v) is 7.73. The Balaban J connectivity index is 1.93. The van der Waals surface area contributed by atoms with Crippen molar-refractivity contribution in [2.45, 2.75) is 37.4 Å². The molecule has 3 unspecified atom stereocenters. The van der Waals surface area contributed by atoms with Gasteiger partial charge in [0.2, 0.25) is 21.8 Å². The van der Waals surface area contributed by atoms with Crippen molar-refractivity contribution in [1.29, 1.82) is 0 Å². The number of terminal acetylenes is 1. The first-order valence-electron chi connectivity index (χ1n) is 7.51. The highest BCUT2D eigenvalue weighted by Crippen LogP contribution is 2.26. The third kappa shape index (κ3) is 4.92. The molecule has 0 spiro atoms. The summed E-state index contributed by atoms with van der Waals surface area (Å²) in [6.07, 6.45) is 7.54. The van der Waals surface area contributed by atoms with Gasteiger partial charge in [-0.2, -0.15) is 0 Å². The van der Waals surface area contributed by atoms with E-state index in [9.17, 15) is 18.0 Å². The second kappa shape index (κ2) is 7.29. The molecule has 2 amide bonds. The van der Waals surface area contributed by atoms with Gasteiger partial charge < -0.3 is 10.6 Å². The number of hydrogen-bond acceptors (Lipinski definition) is 5. The maximum absolute atomic E-state index is 12.0. The van der Waals surface area contributed by atoms with E-state index in [-0.39, 0.29) is 36.5 Å². The average molecular weight is 342 g/mol. The molecule has 0 radical (unpaired) electrons. The lowest BCUT2D eigenvalue weighted by Crippen LogP contribution is -2.58. The molecule has 0 aromatic carbocycles. The van der Waals surface area contributed by atoms with Crippen LogP contribution < -0.4 is 15.4 Å². The third-order valence-corrected chi connectivity index (χ3v) is 4.86. The molecule has 2 heterocycles. The number of nitrogens with zero attached hydrogens (tertiary/aromatic N) is 1. The van der Waals surface area contributed by atoms with Gasteiger partial charge in [-0.1, -0.05) is 5.92 Å². The second-order valence-electron chi connectivity index (χ2n) is 5.95. The maximum Gasteiger partial charge on any atom is 0.237 e. The summed E-state index contributed by atoms with van der Waals surface area (Å²) in [5, 5.41) is 5.44. The summed E-state index contributed by atoms with van der Waals surface area (Å²) >= 11 is 0. The van der Waals surface area contributed by atoms with Crippen molar-refractivity contribution < 1.29 is 18.0 Å². The zero-order valence-corrected chi connectivity index (χ0v) is 13.9. The topological polar surface area (TPSA) is 108 Å². The van der Waals surface area contributed by atoms with E-state index in [1.165, 1.54) is 0 Å². The van der Waals surface area contributed by atoms with Gasteiger partial charge in [0.25, 0.3) is 0 Å². The largest absolute Gasteiger partial charge is 0.353 e. The summed E-state index contributed by atoms with van der Waals surface area (Å²) in [7, 11) is -3.31. The Morgan fingerprint density at radius 3 is 2.91 bits per heavy atom. The highest BCUT2D eigenvalue weighted by atomic mass is 32.2. The minimum atomic E-state index is -3.31. The molecule has 3 atom stereocenters. The van der Waals surface area contributed by atoms with Crippen LogP contribution >= 0.6 is 0 Å². The van der Waals surface area contributed by atoms with Crippen LogP contribution in [0.4, 0.5) is 0 Å². The average Bonchev–Trinajstić information content (AvgIpc) is 2.86. The summed E-state index contributed by atoms with van der Waals surface area (Å²) < 4.78 is 25.3. The Hall–Kier alpha value is -1.63. The minimum Gasteiger partial charge on any atom is -0.353 e. The standard InChI is InChI=1S/C14H22N4O4S/c1-3-6-15-13(19)5-4-11-8-16-14(20)12-7-10(9-18(11)12)17-23(2,21)22/h1,10-12,17H,4-9H2,2H3,(H,15,19)(H,16,20). The number of carbonyl (C=O) groups excluding carboxylic acids is 2. The number of rotatable bonds is 6. The predicted octanol–water partition coefficient (Wildman–Crippen LogP) is -1.99. The van der Waals surface area contributed by atoms with Crippen LogP contribution in [0.1, 0.15) is 19.3 Å². The summed E-state index contributed by atoms with van der Waals surface area (Å²) in [5.74, 6) is 2.13. The Bertz CT molecular complexity index is 613. The fourth-order valence-electron chi connectivity index (χ4n) is 3.17. The van der Waals surface area contributed by atoms with Crippen LogP contribution in [0, 0.1) is 12.3 Å². The minimum absolute atomic E-state index is 0.0145. The van der Waals surface area contributed by atoms with E-state index in [0.717, 1.165) is 6.26 Å². The molecule has 2 rings (SSSR count). The molecule has 2 aliphatic heterocycles. The van der Waals surface area contributed by atoms with E-state index < -0.39 is 10.0 Å². The molecule has 3 N–H and O–H groups in total. The van der Waals surface area contributed by atoms with Gasteiger partial charge in [0.15, 0.2) is 0 Å². The number of hydrogen-bond donors (Lipinski definition) is 3. The molecule has 0 aromatic heterocycles. The molecule has 2 aliphatic rings. The molecule has 0 aromatic rings. The van der Waals surface area contributed by atoms with E-state index in [2.05, 4.69) is 21.3 Å². The zero-order chi connectivity index (χ0) is 17.0. The smallest absolute Gasteiger partial charge is 0.237 e.